The molecule has 1 aliphatic rings. The fourth-order valence-corrected chi connectivity index (χ4v) is 6.02. The molecule has 3 aromatic carbocycles. The Balaban J connectivity index is 1.74. The van der Waals surface area contributed by atoms with Gasteiger partial charge >= 0.3 is 0 Å². The van der Waals surface area contributed by atoms with Crippen molar-refractivity contribution in [3.63, 3.8) is 0 Å². The van der Waals surface area contributed by atoms with E-state index in [-0.39, 0.29) is 41.9 Å². The van der Waals surface area contributed by atoms with E-state index in [1.807, 2.05) is 13.8 Å². The van der Waals surface area contributed by atoms with E-state index in [2.05, 4.69) is 5.32 Å². The average molecular weight is 616 g/mol. The molecule has 4 rings (SSSR count). The lowest BCUT2D eigenvalue weighted by Gasteiger charge is -2.33. The number of benzene rings is 3. The van der Waals surface area contributed by atoms with Gasteiger partial charge in [0.2, 0.25) is 11.8 Å². The maximum absolute atomic E-state index is 14.1. The summed E-state index contributed by atoms with van der Waals surface area (Å²) in [7, 11) is -4.41. The first-order valence-corrected chi connectivity index (χ1v) is 15.5. The Morgan fingerprint density at radius 2 is 1.49 bits per heavy atom. The van der Waals surface area contributed by atoms with Gasteiger partial charge in [0.1, 0.15) is 37.4 Å². The second-order valence-corrected chi connectivity index (χ2v) is 12.0. The Hall–Kier alpha value is -4.19. The molecule has 0 unspecified atom stereocenters. The molecule has 1 N–H and O–H groups in total. The number of rotatable bonds is 12. The van der Waals surface area contributed by atoms with Gasteiger partial charge in [0.05, 0.1) is 10.6 Å². The van der Waals surface area contributed by atoms with Crippen LogP contribution in [0.25, 0.3) is 0 Å². The van der Waals surface area contributed by atoms with Crippen LogP contribution in [0.4, 0.5) is 14.5 Å². The topological polar surface area (TPSA) is 105 Å². The molecule has 1 heterocycles. The molecule has 230 valence electrons. The van der Waals surface area contributed by atoms with Gasteiger partial charge in [-0.25, -0.2) is 17.2 Å². The van der Waals surface area contributed by atoms with Gasteiger partial charge in [-0.05, 0) is 73.9 Å². The highest BCUT2D eigenvalue weighted by Gasteiger charge is 2.34. The maximum atomic E-state index is 14.1. The number of carbonyl (C=O) groups excluding carboxylic acids is 2. The lowest BCUT2D eigenvalue weighted by atomic mass is 10.1. The first-order valence-electron chi connectivity index (χ1n) is 14.1. The third kappa shape index (κ3) is 7.61. The Morgan fingerprint density at radius 1 is 0.884 bits per heavy atom. The van der Waals surface area contributed by atoms with Gasteiger partial charge in [-0.2, -0.15) is 0 Å². The van der Waals surface area contributed by atoms with Crippen LogP contribution in [0.2, 0.25) is 0 Å². The molecule has 0 aliphatic carbocycles. The van der Waals surface area contributed by atoms with E-state index in [1.54, 1.807) is 6.92 Å². The molecular weight excluding hydrogens is 580 g/mol. The lowest BCUT2D eigenvalue weighted by Crippen LogP contribution is -2.53. The van der Waals surface area contributed by atoms with Crippen LogP contribution >= 0.6 is 0 Å². The summed E-state index contributed by atoms with van der Waals surface area (Å²) >= 11 is 0. The number of anilines is 1. The summed E-state index contributed by atoms with van der Waals surface area (Å²) in [6.45, 7) is 5.29. The highest BCUT2D eigenvalue weighted by Crippen LogP contribution is 2.34. The largest absolute Gasteiger partial charge is 0.486 e. The van der Waals surface area contributed by atoms with Crippen molar-refractivity contribution in [1.82, 2.24) is 10.2 Å². The third-order valence-electron chi connectivity index (χ3n) is 7.15. The maximum Gasteiger partial charge on any atom is 0.264 e. The molecule has 0 aromatic heterocycles. The fraction of sp³-hybridized carbons (Fsp3) is 0.355. The number of sulfonamides is 1. The van der Waals surface area contributed by atoms with E-state index in [0.29, 0.717) is 24.3 Å². The molecular formula is C31H35F2N3O6S. The van der Waals surface area contributed by atoms with Crippen LogP contribution in [-0.4, -0.2) is 57.0 Å². The number of hydrogen-bond acceptors (Lipinski definition) is 6. The average Bonchev–Trinajstić information content (AvgIpc) is 3.00. The minimum atomic E-state index is -4.41. The molecule has 2 atom stereocenters. The van der Waals surface area contributed by atoms with Crippen molar-refractivity contribution in [3.8, 4) is 11.5 Å². The zero-order chi connectivity index (χ0) is 31.1. The molecule has 0 saturated heterocycles. The summed E-state index contributed by atoms with van der Waals surface area (Å²) in [5.74, 6) is -1.49. The van der Waals surface area contributed by atoms with Crippen LogP contribution in [0.3, 0.4) is 0 Å². The lowest BCUT2D eigenvalue weighted by molar-refractivity contribution is -0.140. The smallest absolute Gasteiger partial charge is 0.264 e. The highest BCUT2D eigenvalue weighted by molar-refractivity contribution is 7.92. The molecule has 43 heavy (non-hydrogen) atoms. The van der Waals surface area contributed by atoms with Crippen molar-refractivity contribution in [1.29, 1.82) is 0 Å². The van der Waals surface area contributed by atoms with Crippen LogP contribution in [0.15, 0.2) is 71.6 Å². The van der Waals surface area contributed by atoms with E-state index < -0.39 is 46.1 Å². The zero-order valence-electron chi connectivity index (χ0n) is 24.3. The Bertz CT molecular complexity index is 1530. The molecule has 0 bridgehead atoms. The second-order valence-electron chi connectivity index (χ2n) is 10.2. The van der Waals surface area contributed by atoms with Gasteiger partial charge in [0.25, 0.3) is 10.0 Å². The van der Waals surface area contributed by atoms with E-state index in [0.717, 1.165) is 16.4 Å². The molecule has 0 saturated carbocycles. The fourth-order valence-electron chi connectivity index (χ4n) is 4.59. The predicted molar refractivity (Wildman–Crippen MR) is 157 cm³/mol. The normalized spacial score (nSPS) is 14.0. The molecule has 3 aromatic rings. The summed E-state index contributed by atoms with van der Waals surface area (Å²) in [5.41, 5.74) is 0.594. The SMILES string of the molecule is CC[C@H](C(=O)N[C@@H](C)CC)N(Cc1ccc(F)cc1)C(=O)CN(c1ccc(F)cc1)S(=O)(=O)c1ccc2c(c1)OCCO2. The Kier molecular flexibility index (Phi) is 10.2. The molecule has 12 heteroatoms. The minimum Gasteiger partial charge on any atom is -0.486 e. The quantitative estimate of drug-likeness (QED) is 0.318. The van der Waals surface area contributed by atoms with Crippen LogP contribution in [0.1, 0.15) is 39.2 Å². The van der Waals surface area contributed by atoms with Gasteiger partial charge in [-0.1, -0.05) is 26.0 Å². The standard InChI is InChI=1S/C31H35F2N3O6S/c1-4-21(3)34-31(38)27(5-2)35(19-22-6-8-23(32)9-7-22)30(37)20-36(25-12-10-24(33)11-13-25)43(39,40)26-14-15-28-29(18-26)42-17-16-41-28/h6-15,18,21,27H,4-5,16-17,19-20H2,1-3H3,(H,34,38)/t21-,27+/m0/s1. The van der Waals surface area contributed by atoms with Crippen LogP contribution in [-0.2, 0) is 26.2 Å². The van der Waals surface area contributed by atoms with Crippen LogP contribution in [0, 0.1) is 11.6 Å². The van der Waals surface area contributed by atoms with E-state index >= 15 is 0 Å². The van der Waals surface area contributed by atoms with Gasteiger partial charge in [-0.15, -0.1) is 0 Å². The molecule has 0 radical (unpaired) electrons. The minimum absolute atomic E-state index is 0.0449. The number of halogens is 2. The zero-order valence-corrected chi connectivity index (χ0v) is 25.1. The third-order valence-corrected chi connectivity index (χ3v) is 8.92. The van der Waals surface area contributed by atoms with Crippen molar-refractivity contribution in [2.75, 3.05) is 24.1 Å². The summed E-state index contributed by atoms with van der Waals surface area (Å²) in [6.07, 6.45) is 0.904. The summed E-state index contributed by atoms with van der Waals surface area (Å²) in [4.78, 5) is 28.5. The van der Waals surface area contributed by atoms with Gasteiger partial charge in [0, 0.05) is 18.7 Å². The summed E-state index contributed by atoms with van der Waals surface area (Å²) in [6, 6.07) is 13.2. The van der Waals surface area contributed by atoms with Crippen LogP contribution in [0.5, 0.6) is 11.5 Å². The van der Waals surface area contributed by atoms with E-state index in [1.165, 1.54) is 59.5 Å². The van der Waals surface area contributed by atoms with Crippen molar-refractivity contribution in [2.45, 2.75) is 57.1 Å². The molecule has 0 spiro atoms. The molecule has 0 fully saturated rings. The number of carbonyl (C=O) groups is 2. The predicted octanol–water partition coefficient (Wildman–Crippen LogP) is 4.65. The Labute approximate surface area is 250 Å². The number of nitrogens with zero attached hydrogens (tertiary/aromatic N) is 2. The number of nitrogens with one attached hydrogen (secondary N) is 1. The number of hydrogen-bond donors (Lipinski definition) is 1. The monoisotopic (exact) mass is 615 g/mol. The van der Waals surface area contributed by atoms with Gasteiger partial charge in [-0.3, -0.25) is 13.9 Å². The first-order chi connectivity index (χ1) is 20.5. The van der Waals surface area contributed by atoms with Gasteiger partial charge < -0.3 is 19.7 Å². The highest BCUT2D eigenvalue weighted by atomic mass is 32.2. The van der Waals surface area contributed by atoms with Crippen LogP contribution < -0.4 is 19.1 Å². The Morgan fingerprint density at radius 3 is 2.09 bits per heavy atom. The first kappa shape index (κ1) is 31.7. The molecule has 2 amide bonds. The second kappa shape index (κ2) is 13.9. The van der Waals surface area contributed by atoms with Gasteiger partial charge in [0.15, 0.2) is 11.5 Å². The number of amides is 2. The number of fused-ring (bicyclic) bond motifs is 1. The van der Waals surface area contributed by atoms with Crippen molar-refractivity contribution in [2.24, 2.45) is 0 Å². The summed E-state index contributed by atoms with van der Waals surface area (Å²) in [5, 5.41) is 2.90. The van der Waals surface area contributed by atoms with Crippen molar-refractivity contribution >= 4 is 27.5 Å². The van der Waals surface area contributed by atoms with E-state index in [9.17, 15) is 26.8 Å². The van der Waals surface area contributed by atoms with E-state index in [4.69, 9.17) is 9.47 Å². The number of ether oxygens (including phenoxy) is 2. The molecule has 9 nitrogen and oxygen atoms in total. The molecule has 1 aliphatic heterocycles. The van der Waals surface area contributed by atoms with Crippen molar-refractivity contribution < 1.29 is 36.3 Å². The van der Waals surface area contributed by atoms with Crippen molar-refractivity contribution in [3.05, 3.63) is 83.9 Å². The summed E-state index contributed by atoms with van der Waals surface area (Å²) < 4.78 is 67.6.